The number of carbonyl (C=O) groups is 2. The Labute approximate surface area is 123 Å². The predicted octanol–water partition coefficient (Wildman–Crippen LogP) is 1.73. The summed E-state index contributed by atoms with van der Waals surface area (Å²) in [6.45, 7) is 3.04. The Bertz CT molecular complexity index is 487. The van der Waals surface area contributed by atoms with Crippen LogP contribution < -0.4 is 10.6 Å². The van der Waals surface area contributed by atoms with Crippen LogP contribution in [0.1, 0.15) is 18.4 Å². The Morgan fingerprint density at radius 2 is 1.90 bits per heavy atom. The molecule has 1 fully saturated rings. The summed E-state index contributed by atoms with van der Waals surface area (Å²) in [5, 5.41) is 5.63. The number of carbonyl (C=O) groups excluding carboxylic acids is 2. The molecule has 0 radical (unpaired) electrons. The van der Waals surface area contributed by atoms with E-state index in [1.165, 1.54) is 17.3 Å². The fourth-order valence-corrected chi connectivity index (χ4v) is 2.65. The zero-order chi connectivity index (χ0) is 14.4. The molecule has 0 spiro atoms. The molecule has 1 aromatic carbocycles. The van der Waals surface area contributed by atoms with Crippen molar-refractivity contribution in [2.75, 3.05) is 18.8 Å². The molecule has 0 bridgehead atoms. The molecule has 2 rings (SSSR count). The molecule has 2 N–H and O–H groups in total. The van der Waals surface area contributed by atoms with Crippen LogP contribution in [-0.2, 0) is 9.59 Å². The third-order valence-electron chi connectivity index (χ3n) is 3.15. The van der Waals surface area contributed by atoms with Crippen LogP contribution in [0.3, 0.4) is 0 Å². The van der Waals surface area contributed by atoms with E-state index in [9.17, 15) is 9.59 Å². The standard InChI is InChI=1S/C15H20N2O2S/c1-11-4-2-3-5-13(11)20-10-14(18)16-8-9-17-15(19)12-6-7-12/h2-5,12H,6-10H2,1H3,(H,16,18)(H,17,19). The molecule has 0 saturated heterocycles. The second-order valence-corrected chi connectivity index (χ2v) is 5.99. The van der Waals surface area contributed by atoms with Crippen molar-refractivity contribution in [3.63, 3.8) is 0 Å². The first-order valence-electron chi connectivity index (χ1n) is 6.89. The van der Waals surface area contributed by atoms with Gasteiger partial charge in [-0.1, -0.05) is 18.2 Å². The maximum absolute atomic E-state index is 11.7. The third kappa shape index (κ3) is 4.89. The first-order chi connectivity index (χ1) is 9.66. The number of benzene rings is 1. The Kier molecular flexibility index (Phi) is 5.47. The predicted molar refractivity (Wildman–Crippen MR) is 80.6 cm³/mol. The molecule has 0 unspecified atom stereocenters. The first-order valence-corrected chi connectivity index (χ1v) is 7.88. The molecule has 1 aliphatic carbocycles. The van der Waals surface area contributed by atoms with Gasteiger partial charge in [0, 0.05) is 23.9 Å². The third-order valence-corrected chi connectivity index (χ3v) is 4.32. The summed E-state index contributed by atoms with van der Waals surface area (Å²) in [7, 11) is 0. The molecular weight excluding hydrogens is 272 g/mol. The number of hydrogen-bond acceptors (Lipinski definition) is 3. The highest BCUT2D eigenvalue weighted by atomic mass is 32.2. The minimum Gasteiger partial charge on any atom is -0.354 e. The van der Waals surface area contributed by atoms with Crippen LogP contribution in [0.15, 0.2) is 29.2 Å². The maximum Gasteiger partial charge on any atom is 0.230 e. The molecular formula is C15H20N2O2S. The van der Waals surface area contributed by atoms with Crippen molar-refractivity contribution in [1.82, 2.24) is 10.6 Å². The van der Waals surface area contributed by atoms with Crippen LogP contribution in [0.5, 0.6) is 0 Å². The van der Waals surface area contributed by atoms with E-state index in [2.05, 4.69) is 10.6 Å². The molecule has 0 atom stereocenters. The Hall–Kier alpha value is -1.49. The van der Waals surface area contributed by atoms with E-state index in [-0.39, 0.29) is 17.7 Å². The highest BCUT2D eigenvalue weighted by Crippen LogP contribution is 2.28. The SMILES string of the molecule is Cc1ccccc1SCC(=O)NCCNC(=O)C1CC1. The highest BCUT2D eigenvalue weighted by Gasteiger charge is 2.28. The molecule has 108 valence electrons. The monoisotopic (exact) mass is 292 g/mol. The topological polar surface area (TPSA) is 58.2 Å². The molecule has 0 aliphatic heterocycles. The minimum atomic E-state index is -0.000996. The molecule has 20 heavy (non-hydrogen) atoms. The van der Waals surface area contributed by atoms with Crippen molar-refractivity contribution in [3.05, 3.63) is 29.8 Å². The summed E-state index contributed by atoms with van der Waals surface area (Å²) in [4.78, 5) is 24.2. The number of aryl methyl sites for hydroxylation is 1. The van der Waals surface area contributed by atoms with E-state index in [1.54, 1.807) is 0 Å². The van der Waals surface area contributed by atoms with Gasteiger partial charge in [-0.15, -0.1) is 11.8 Å². The van der Waals surface area contributed by atoms with Gasteiger partial charge < -0.3 is 10.6 Å². The molecule has 1 saturated carbocycles. The van der Waals surface area contributed by atoms with Gasteiger partial charge in [0.2, 0.25) is 11.8 Å². The fraction of sp³-hybridized carbons (Fsp3) is 0.467. The lowest BCUT2D eigenvalue weighted by molar-refractivity contribution is -0.123. The second kappa shape index (κ2) is 7.33. The number of amides is 2. The summed E-state index contributed by atoms with van der Waals surface area (Å²) >= 11 is 1.53. The fourth-order valence-electron chi connectivity index (χ4n) is 1.79. The van der Waals surface area contributed by atoms with Crippen LogP contribution in [0.2, 0.25) is 0 Å². The van der Waals surface area contributed by atoms with Gasteiger partial charge in [0.25, 0.3) is 0 Å². The smallest absolute Gasteiger partial charge is 0.230 e. The van der Waals surface area contributed by atoms with Crippen molar-refractivity contribution >= 4 is 23.6 Å². The normalized spacial score (nSPS) is 13.8. The average Bonchev–Trinajstić information content (AvgIpc) is 3.27. The summed E-state index contributed by atoms with van der Waals surface area (Å²) in [5.74, 6) is 0.747. The van der Waals surface area contributed by atoms with Crippen LogP contribution in [0, 0.1) is 12.8 Å². The van der Waals surface area contributed by atoms with Gasteiger partial charge in [-0.3, -0.25) is 9.59 Å². The summed E-state index contributed by atoms with van der Waals surface area (Å²) in [6, 6.07) is 8.01. The summed E-state index contributed by atoms with van der Waals surface area (Å²) in [6.07, 6.45) is 2.01. The number of thioether (sulfide) groups is 1. The zero-order valence-corrected chi connectivity index (χ0v) is 12.5. The van der Waals surface area contributed by atoms with Gasteiger partial charge in [0.15, 0.2) is 0 Å². The van der Waals surface area contributed by atoms with Gasteiger partial charge >= 0.3 is 0 Å². The number of rotatable bonds is 7. The largest absolute Gasteiger partial charge is 0.354 e. The number of hydrogen-bond donors (Lipinski definition) is 2. The summed E-state index contributed by atoms with van der Waals surface area (Å²) < 4.78 is 0. The van der Waals surface area contributed by atoms with Crippen LogP contribution in [0.4, 0.5) is 0 Å². The quantitative estimate of drug-likeness (QED) is 0.594. The van der Waals surface area contributed by atoms with Crippen molar-refractivity contribution in [3.8, 4) is 0 Å². The van der Waals surface area contributed by atoms with Gasteiger partial charge in [-0.25, -0.2) is 0 Å². The molecule has 5 heteroatoms. The van der Waals surface area contributed by atoms with Crippen LogP contribution >= 0.6 is 11.8 Å². The van der Waals surface area contributed by atoms with Gasteiger partial charge in [-0.2, -0.15) is 0 Å². The molecule has 4 nitrogen and oxygen atoms in total. The van der Waals surface area contributed by atoms with E-state index in [4.69, 9.17) is 0 Å². The van der Waals surface area contributed by atoms with E-state index in [1.807, 2.05) is 31.2 Å². The Balaban J connectivity index is 1.58. The lowest BCUT2D eigenvalue weighted by Gasteiger charge is -2.07. The van der Waals surface area contributed by atoms with E-state index in [0.717, 1.165) is 17.7 Å². The van der Waals surface area contributed by atoms with Crippen LogP contribution in [-0.4, -0.2) is 30.7 Å². The van der Waals surface area contributed by atoms with Crippen molar-refractivity contribution in [2.45, 2.75) is 24.7 Å². The Morgan fingerprint density at radius 3 is 2.60 bits per heavy atom. The van der Waals surface area contributed by atoms with Gasteiger partial charge in [0.05, 0.1) is 5.75 Å². The lowest BCUT2D eigenvalue weighted by Crippen LogP contribution is -2.35. The summed E-state index contributed by atoms with van der Waals surface area (Å²) in [5.41, 5.74) is 1.18. The van der Waals surface area contributed by atoms with Crippen molar-refractivity contribution in [2.24, 2.45) is 5.92 Å². The average molecular weight is 292 g/mol. The highest BCUT2D eigenvalue weighted by molar-refractivity contribution is 8.00. The van der Waals surface area contributed by atoms with E-state index in [0.29, 0.717) is 18.8 Å². The minimum absolute atomic E-state index is 0.000996. The lowest BCUT2D eigenvalue weighted by atomic mass is 10.2. The maximum atomic E-state index is 11.7. The van der Waals surface area contributed by atoms with Crippen molar-refractivity contribution in [1.29, 1.82) is 0 Å². The van der Waals surface area contributed by atoms with Gasteiger partial charge in [0.1, 0.15) is 0 Å². The van der Waals surface area contributed by atoms with E-state index < -0.39 is 0 Å². The Morgan fingerprint density at radius 1 is 1.20 bits per heavy atom. The molecule has 1 aromatic rings. The van der Waals surface area contributed by atoms with Crippen LogP contribution in [0.25, 0.3) is 0 Å². The van der Waals surface area contributed by atoms with Gasteiger partial charge in [-0.05, 0) is 31.4 Å². The first kappa shape index (κ1) is 14.9. The molecule has 0 aromatic heterocycles. The second-order valence-electron chi connectivity index (χ2n) is 4.97. The van der Waals surface area contributed by atoms with E-state index >= 15 is 0 Å². The van der Waals surface area contributed by atoms with Crippen molar-refractivity contribution < 1.29 is 9.59 Å². The molecule has 0 heterocycles. The molecule has 2 amide bonds. The molecule has 1 aliphatic rings. The number of nitrogens with one attached hydrogen (secondary N) is 2. The zero-order valence-electron chi connectivity index (χ0n) is 11.6.